The summed E-state index contributed by atoms with van der Waals surface area (Å²) in [5.41, 5.74) is 6.98. The van der Waals surface area contributed by atoms with Gasteiger partial charge in [-0.25, -0.2) is 13.4 Å². The molecule has 0 unspecified atom stereocenters. The third kappa shape index (κ3) is 4.20. The van der Waals surface area contributed by atoms with Gasteiger partial charge in [0.1, 0.15) is 22.3 Å². The maximum absolute atomic E-state index is 12.8. The number of methoxy groups -OCH3 is 1. The first kappa shape index (κ1) is 24.0. The lowest BCUT2D eigenvalue weighted by Crippen LogP contribution is -2.42. The van der Waals surface area contributed by atoms with Crippen molar-refractivity contribution in [1.82, 2.24) is 19.3 Å². The number of aromatic nitrogens is 3. The van der Waals surface area contributed by atoms with E-state index in [1.165, 1.54) is 19.4 Å². The number of hydrogen-bond donors (Lipinski definition) is 2. The van der Waals surface area contributed by atoms with E-state index in [2.05, 4.69) is 9.97 Å². The molecule has 13 heteroatoms. The highest BCUT2D eigenvalue weighted by Gasteiger charge is 2.39. The van der Waals surface area contributed by atoms with Gasteiger partial charge in [-0.15, -0.1) is 0 Å². The maximum atomic E-state index is 12.8. The molecule has 1 atom stereocenters. The molecule has 0 saturated heterocycles. The van der Waals surface area contributed by atoms with E-state index in [1.807, 2.05) is 4.57 Å². The van der Waals surface area contributed by atoms with Gasteiger partial charge in [-0.1, -0.05) is 0 Å². The van der Waals surface area contributed by atoms with E-state index >= 15 is 0 Å². The minimum absolute atomic E-state index is 0.0333. The van der Waals surface area contributed by atoms with Crippen molar-refractivity contribution in [2.24, 2.45) is 5.73 Å². The fourth-order valence-electron chi connectivity index (χ4n) is 3.83. The Balaban J connectivity index is 1.84. The molecular weight excluding hydrogens is 475 g/mol. The first-order valence-electron chi connectivity index (χ1n) is 10.4. The van der Waals surface area contributed by atoms with Gasteiger partial charge in [0.25, 0.3) is 5.91 Å². The number of nitrogens with one attached hydrogen (secondary N) is 1. The van der Waals surface area contributed by atoms with Crippen LogP contribution in [0.1, 0.15) is 42.6 Å². The molecule has 1 amide bonds. The number of carbonyl (C=O) groups excluding carboxylic acids is 1. The van der Waals surface area contributed by atoms with Crippen molar-refractivity contribution in [2.75, 3.05) is 7.11 Å². The number of fused-ring (bicyclic) bond motifs is 1. The molecule has 0 radical (unpaired) electrons. The summed E-state index contributed by atoms with van der Waals surface area (Å²) < 4.78 is 71.9. The molecule has 0 spiro atoms. The van der Waals surface area contributed by atoms with Crippen LogP contribution in [-0.2, 0) is 10.0 Å². The number of rotatable bonds is 7. The van der Waals surface area contributed by atoms with Gasteiger partial charge >= 0.3 is 6.18 Å². The number of ether oxygens (including phenoxy) is 1. The van der Waals surface area contributed by atoms with Gasteiger partial charge in [0, 0.05) is 17.6 Å². The van der Waals surface area contributed by atoms with Crippen LogP contribution in [0, 0.1) is 0 Å². The summed E-state index contributed by atoms with van der Waals surface area (Å²) in [5, 5.41) is 0.466. The number of sulfonamides is 1. The Labute approximate surface area is 193 Å². The highest BCUT2D eigenvalue weighted by molar-refractivity contribution is 7.89. The molecule has 4 rings (SSSR count). The number of primary amides is 1. The van der Waals surface area contributed by atoms with Crippen molar-refractivity contribution in [3.05, 3.63) is 36.2 Å². The van der Waals surface area contributed by atoms with Crippen LogP contribution in [0.15, 0.2) is 35.5 Å². The van der Waals surface area contributed by atoms with Crippen LogP contribution in [0.3, 0.4) is 0 Å². The topological polar surface area (TPSA) is 129 Å². The van der Waals surface area contributed by atoms with Crippen molar-refractivity contribution in [2.45, 2.75) is 49.3 Å². The van der Waals surface area contributed by atoms with Gasteiger partial charge in [-0.05, 0) is 44.4 Å². The summed E-state index contributed by atoms with van der Waals surface area (Å²) in [6.07, 6.45) is 0.391. The molecule has 182 valence electrons. The molecule has 1 fully saturated rings. The van der Waals surface area contributed by atoms with Crippen molar-refractivity contribution in [1.29, 1.82) is 0 Å². The molecule has 3 N–H and O–H groups in total. The van der Waals surface area contributed by atoms with E-state index < -0.39 is 33.0 Å². The molecule has 9 nitrogen and oxygen atoms in total. The first-order valence-corrected chi connectivity index (χ1v) is 11.9. The third-order valence-corrected chi connectivity index (χ3v) is 7.38. The van der Waals surface area contributed by atoms with Gasteiger partial charge in [0.2, 0.25) is 10.0 Å². The zero-order valence-electron chi connectivity index (χ0n) is 18.3. The molecule has 3 heterocycles. The Bertz CT molecular complexity index is 1350. The van der Waals surface area contributed by atoms with E-state index in [4.69, 9.17) is 10.5 Å². The minimum Gasteiger partial charge on any atom is -0.495 e. The Morgan fingerprint density at radius 1 is 1.26 bits per heavy atom. The fourth-order valence-corrected chi connectivity index (χ4v) is 5.00. The molecule has 0 aromatic carbocycles. The molecular formula is C21H22F3N5O4S. The lowest BCUT2D eigenvalue weighted by molar-refractivity contribution is -0.147. The lowest BCUT2D eigenvalue weighted by atomic mass is 9.92. The molecule has 0 aliphatic heterocycles. The van der Waals surface area contributed by atoms with Crippen molar-refractivity contribution in [3.63, 3.8) is 0 Å². The Hall–Kier alpha value is -3.19. The predicted molar refractivity (Wildman–Crippen MR) is 117 cm³/mol. The quantitative estimate of drug-likeness (QED) is 0.516. The van der Waals surface area contributed by atoms with E-state index in [9.17, 15) is 26.4 Å². The van der Waals surface area contributed by atoms with Crippen LogP contribution in [-0.4, -0.2) is 48.2 Å². The second-order valence-corrected chi connectivity index (χ2v) is 9.77. The fraction of sp³-hybridized carbons (Fsp3) is 0.381. The van der Waals surface area contributed by atoms with Gasteiger partial charge in [0.05, 0.1) is 30.3 Å². The number of pyridine rings is 2. The molecule has 1 saturated carbocycles. The average molecular weight is 497 g/mol. The molecule has 3 aromatic rings. The number of nitrogens with two attached hydrogens (primary N) is 1. The second-order valence-electron chi connectivity index (χ2n) is 8.05. The van der Waals surface area contributed by atoms with E-state index in [1.54, 1.807) is 10.8 Å². The van der Waals surface area contributed by atoms with Crippen LogP contribution in [0.2, 0.25) is 0 Å². The average Bonchev–Trinajstić information content (AvgIpc) is 3.06. The lowest BCUT2D eigenvalue weighted by Gasteiger charge is -2.29. The van der Waals surface area contributed by atoms with Crippen molar-refractivity contribution < 1.29 is 31.1 Å². The summed E-state index contributed by atoms with van der Waals surface area (Å²) in [6, 6.07) is 1.87. The summed E-state index contributed by atoms with van der Waals surface area (Å²) in [7, 11) is -3.02. The normalized spacial score (nSPS) is 15.8. The van der Waals surface area contributed by atoms with Crippen LogP contribution in [0.25, 0.3) is 22.4 Å². The molecule has 1 aliphatic carbocycles. The summed E-state index contributed by atoms with van der Waals surface area (Å²) in [5.74, 6) is -0.307. The van der Waals surface area contributed by atoms with Crippen molar-refractivity contribution >= 4 is 27.0 Å². The predicted octanol–water partition coefficient (Wildman–Crippen LogP) is 3.16. The number of amides is 1. The molecule has 34 heavy (non-hydrogen) atoms. The van der Waals surface area contributed by atoms with Gasteiger partial charge in [0.15, 0.2) is 0 Å². The zero-order chi connectivity index (χ0) is 24.8. The standard InChI is InChI=1S/C21H22F3N5O4S/c1-11(21(22,23)24)28-34(31,32)14-6-7-16(26-10-14)18-17(19(25)30)15-8-13(33-2)9-27-20(15)29(18)12-4-3-5-12/h6-12,28H,3-5H2,1-2H3,(H2,25,30)/t11-/m0/s1. The van der Waals surface area contributed by atoms with Gasteiger partial charge < -0.3 is 15.0 Å². The maximum Gasteiger partial charge on any atom is 0.404 e. The molecule has 3 aromatic heterocycles. The minimum atomic E-state index is -4.74. The largest absolute Gasteiger partial charge is 0.495 e. The molecule has 0 bridgehead atoms. The zero-order valence-corrected chi connectivity index (χ0v) is 19.1. The summed E-state index contributed by atoms with van der Waals surface area (Å²) >= 11 is 0. The van der Waals surface area contributed by atoms with Crippen LogP contribution >= 0.6 is 0 Å². The van der Waals surface area contributed by atoms with Gasteiger partial charge in [-0.3, -0.25) is 9.78 Å². The third-order valence-electron chi connectivity index (χ3n) is 5.85. The van der Waals surface area contributed by atoms with E-state index in [0.29, 0.717) is 29.4 Å². The summed E-state index contributed by atoms with van der Waals surface area (Å²) in [6.45, 7) is 0.705. The van der Waals surface area contributed by atoms with Gasteiger partial charge in [-0.2, -0.15) is 17.9 Å². The van der Waals surface area contributed by atoms with E-state index in [-0.39, 0.29) is 17.3 Å². The summed E-state index contributed by atoms with van der Waals surface area (Å²) in [4.78, 5) is 20.7. The Morgan fingerprint density at radius 2 is 1.97 bits per heavy atom. The Kier molecular flexibility index (Phi) is 6.02. The monoisotopic (exact) mass is 497 g/mol. The number of hydrogen-bond acceptors (Lipinski definition) is 6. The number of halogens is 3. The number of carbonyl (C=O) groups is 1. The smallest absolute Gasteiger partial charge is 0.404 e. The number of nitrogens with zero attached hydrogens (tertiary/aromatic N) is 3. The highest BCUT2D eigenvalue weighted by atomic mass is 32.2. The first-order chi connectivity index (χ1) is 15.9. The number of alkyl halides is 3. The van der Waals surface area contributed by atoms with Crippen LogP contribution in [0.5, 0.6) is 5.75 Å². The van der Waals surface area contributed by atoms with E-state index in [0.717, 1.165) is 31.5 Å². The SMILES string of the molecule is COc1cnc2c(c1)c(C(N)=O)c(-c1ccc(S(=O)(=O)N[C@@H](C)C(F)(F)F)cn1)n2C1CCC1. The van der Waals surface area contributed by atoms with Crippen LogP contribution in [0.4, 0.5) is 13.2 Å². The van der Waals surface area contributed by atoms with Crippen molar-refractivity contribution in [3.8, 4) is 17.1 Å². The van der Waals surface area contributed by atoms with Crippen LogP contribution < -0.4 is 15.2 Å². The second kappa shape index (κ2) is 8.55. The highest BCUT2D eigenvalue weighted by Crippen LogP contribution is 2.42. The Morgan fingerprint density at radius 3 is 2.47 bits per heavy atom. The molecule has 1 aliphatic rings.